The van der Waals surface area contributed by atoms with Crippen LogP contribution < -0.4 is 0 Å². The van der Waals surface area contributed by atoms with Gasteiger partial charge >= 0.3 is 5.24 Å². The molecule has 0 aliphatic heterocycles. The first kappa shape index (κ1) is 5.79. The van der Waals surface area contributed by atoms with E-state index in [0.29, 0.717) is 4.88 Å². The quantitative estimate of drug-likeness (QED) is 0.427. The Balaban J connectivity index is 2.93. The number of hydrogen-bond acceptors (Lipinski definition) is 1. The van der Waals surface area contributed by atoms with Crippen LogP contribution in [0.3, 0.4) is 0 Å². The van der Waals surface area contributed by atoms with Crippen LogP contribution in [-0.4, -0.2) is 10.0 Å². The number of carbonyl (C=O) groups excluding carboxylic acids is 1. The van der Waals surface area contributed by atoms with Crippen LogP contribution in [0.2, 0.25) is 0 Å². The van der Waals surface area contributed by atoms with Crippen molar-refractivity contribution in [3.8, 4) is 0 Å². The van der Waals surface area contributed by atoms with Crippen molar-refractivity contribution in [2.24, 2.45) is 0 Å². The van der Waals surface area contributed by atoms with Gasteiger partial charge in [0.05, 0.1) is 0 Å². The normalized spacial score (nSPS) is 9.12. The topological polar surface area (TPSA) is 21.4 Å². The molecule has 0 fully saturated rings. The van der Waals surface area contributed by atoms with Crippen molar-refractivity contribution in [2.45, 2.75) is 0 Å². The molecule has 0 radical (unpaired) electrons. The number of thiophene rings is 1. The molecule has 8 heavy (non-hydrogen) atoms. The molecule has 0 saturated carbocycles. The van der Waals surface area contributed by atoms with E-state index in [4.69, 9.17) is 16.4 Å². The molecule has 0 amide bonds. The molecule has 0 bridgehead atoms. The van der Waals surface area contributed by atoms with Gasteiger partial charge in [0.15, 0.2) is 0 Å². The number of rotatable bonds is 1. The van der Waals surface area contributed by atoms with Gasteiger partial charge in [0.1, 0.15) is 4.88 Å². The second-order valence-electron chi connectivity index (χ2n) is 1.27. The maximum absolute atomic E-state index is 8.61. The van der Waals surface area contributed by atoms with Gasteiger partial charge in [0.25, 0.3) is 0 Å². The summed E-state index contributed by atoms with van der Waals surface area (Å²) in [7, 11) is 0. The molecule has 42 valence electrons. The second kappa shape index (κ2) is 2.29. The Morgan fingerprint density at radius 3 is 2.75 bits per heavy atom. The van der Waals surface area contributed by atoms with Gasteiger partial charge in [-0.1, -0.05) is 6.07 Å². The minimum Gasteiger partial charge on any atom is -0.261 e. The molecule has 0 aromatic carbocycles. The Morgan fingerprint density at radius 2 is 2.50 bits per heavy atom. The fraction of sp³-hybridized carbons (Fsp3) is 0. The highest BCUT2D eigenvalue weighted by Gasteiger charge is 2.06. The first-order valence-corrected chi connectivity index (χ1v) is 3.32. The molecular weight excluding hydrogens is 144 g/mol. The monoisotopic (exact) mass is 147 g/mol. The summed E-state index contributed by atoms with van der Waals surface area (Å²) in [5.41, 5.74) is 0. The van der Waals surface area contributed by atoms with Gasteiger partial charge in [0, 0.05) is 11.6 Å². The van der Waals surface area contributed by atoms with Gasteiger partial charge in [-0.2, -0.15) is 0 Å². The molecule has 1 heterocycles. The van der Waals surface area contributed by atoms with Crippen LogP contribution in [0.4, 0.5) is 0 Å². The first-order valence-electron chi connectivity index (χ1n) is 2.06. The summed E-state index contributed by atoms with van der Waals surface area (Å²) >= 11 is 6.64. The highest BCUT2D eigenvalue weighted by Crippen LogP contribution is 2.09. The highest BCUT2D eigenvalue weighted by atomic mass is 35.5. The van der Waals surface area contributed by atoms with Crippen molar-refractivity contribution >= 4 is 28.2 Å². The number of halogens is 1. The van der Waals surface area contributed by atoms with Crippen LogP contribution in [-0.2, 0) is 0 Å². The van der Waals surface area contributed by atoms with Crippen molar-refractivity contribution in [1.82, 2.24) is 0 Å². The van der Waals surface area contributed by atoms with E-state index < -0.39 is 0 Å². The molecule has 1 N–H and O–H groups in total. The zero-order valence-electron chi connectivity index (χ0n) is 3.97. The fourth-order valence-electron chi connectivity index (χ4n) is 0.396. The SMILES string of the molecule is [OH+]=C(Cl)c1cccs1. The van der Waals surface area contributed by atoms with Gasteiger partial charge < -0.3 is 0 Å². The third-order valence-electron chi connectivity index (χ3n) is 0.724. The standard InChI is InChI=1S/C5H3ClOS/c6-5(7)4-2-1-3-8-4/h1-3H/p+1. The minimum absolute atomic E-state index is 0.125. The van der Waals surface area contributed by atoms with E-state index in [1.54, 1.807) is 6.07 Å². The van der Waals surface area contributed by atoms with E-state index in [1.165, 1.54) is 11.3 Å². The lowest BCUT2D eigenvalue weighted by molar-refractivity contribution is 0.689. The Labute approximate surface area is 55.9 Å². The maximum Gasteiger partial charge on any atom is 0.428 e. The van der Waals surface area contributed by atoms with E-state index in [9.17, 15) is 0 Å². The molecule has 0 unspecified atom stereocenters. The average molecular weight is 148 g/mol. The lowest BCUT2D eigenvalue weighted by atomic mass is 10.5. The summed E-state index contributed by atoms with van der Waals surface area (Å²) in [6.45, 7) is 0. The summed E-state index contributed by atoms with van der Waals surface area (Å²) in [5.74, 6) is 0. The van der Waals surface area contributed by atoms with Gasteiger partial charge in [-0.05, 0) is 11.4 Å². The zero-order chi connectivity index (χ0) is 5.98. The van der Waals surface area contributed by atoms with Crippen molar-refractivity contribution < 1.29 is 4.79 Å². The summed E-state index contributed by atoms with van der Waals surface area (Å²) < 4.78 is 0. The van der Waals surface area contributed by atoms with E-state index >= 15 is 0 Å². The summed E-state index contributed by atoms with van der Waals surface area (Å²) in [6, 6.07) is 3.59. The van der Waals surface area contributed by atoms with Crippen LogP contribution in [0.5, 0.6) is 0 Å². The highest BCUT2D eigenvalue weighted by molar-refractivity contribution is 7.14. The molecule has 1 aromatic rings. The van der Waals surface area contributed by atoms with Gasteiger partial charge in [-0.25, -0.2) is 0 Å². The van der Waals surface area contributed by atoms with E-state index in [1.807, 2.05) is 11.4 Å². The largest absolute Gasteiger partial charge is 0.428 e. The minimum atomic E-state index is -0.125. The predicted octanol–water partition coefficient (Wildman–Crippen LogP) is 1.84. The Bertz CT molecular complexity index is 180. The van der Waals surface area contributed by atoms with Gasteiger partial charge in [0.2, 0.25) is 0 Å². The third-order valence-corrected chi connectivity index (χ3v) is 1.92. The molecule has 1 rings (SSSR count). The van der Waals surface area contributed by atoms with Crippen molar-refractivity contribution in [3.05, 3.63) is 22.4 Å². The Kier molecular flexibility index (Phi) is 1.65. The predicted molar refractivity (Wildman–Crippen MR) is 36.2 cm³/mol. The van der Waals surface area contributed by atoms with Crippen LogP contribution in [0.15, 0.2) is 17.5 Å². The molecule has 3 heteroatoms. The molecule has 0 aliphatic carbocycles. The zero-order valence-corrected chi connectivity index (χ0v) is 5.54. The van der Waals surface area contributed by atoms with Crippen LogP contribution in [0, 0.1) is 0 Å². The average Bonchev–Trinajstić information content (AvgIpc) is 2.12. The maximum atomic E-state index is 8.61. The van der Waals surface area contributed by atoms with E-state index in [0.717, 1.165) is 0 Å². The van der Waals surface area contributed by atoms with Gasteiger partial charge in [-0.3, -0.25) is 4.79 Å². The van der Waals surface area contributed by atoms with E-state index in [2.05, 4.69) is 0 Å². The Morgan fingerprint density at radius 1 is 1.75 bits per heavy atom. The van der Waals surface area contributed by atoms with Gasteiger partial charge in [-0.15, -0.1) is 11.3 Å². The summed E-state index contributed by atoms with van der Waals surface area (Å²) in [4.78, 5) is 9.32. The van der Waals surface area contributed by atoms with E-state index in [-0.39, 0.29) is 5.24 Å². The molecule has 0 aliphatic rings. The molecule has 1 aromatic heterocycles. The molecule has 0 atom stereocenters. The van der Waals surface area contributed by atoms with Crippen LogP contribution in [0.25, 0.3) is 0 Å². The molecule has 1 nitrogen and oxygen atoms in total. The molecule has 0 saturated heterocycles. The van der Waals surface area contributed by atoms with Crippen molar-refractivity contribution in [1.29, 1.82) is 0 Å². The third kappa shape index (κ3) is 1.08. The number of hydrogen-bond donors (Lipinski definition) is 0. The summed E-state index contributed by atoms with van der Waals surface area (Å²) in [6.07, 6.45) is 0. The second-order valence-corrected chi connectivity index (χ2v) is 2.57. The van der Waals surface area contributed by atoms with Crippen molar-refractivity contribution in [3.63, 3.8) is 0 Å². The summed E-state index contributed by atoms with van der Waals surface area (Å²) in [5, 5.41) is 1.73. The lowest BCUT2D eigenvalue weighted by Gasteiger charge is -1.69. The van der Waals surface area contributed by atoms with Crippen molar-refractivity contribution in [2.75, 3.05) is 0 Å². The smallest absolute Gasteiger partial charge is 0.261 e. The fourth-order valence-corrected chi connectivity index (χ4v) is 1.15. The molecular formula is C5H4ClOS+. The van der Waals surface area contributed by atoms with Crippen LogP contribution >= 0.6 is 22.9 Å². The Hall–Kier alpha value is -0.340. The lowest BCUT2D eigenvalue weighted by Crippen LogP contribution is -1.81. The molecule has 0 spiro atoms. The van der Waals surface area contributed by atoms with Crippen LogP contribution in [0.1, 0.15) is 4.88 Å². The first-order chi connectivity index (χ1) is 3.80.